The molecule has 0 aromatic rings. The Labute approximate surface area is 381 Å². The van der Waals surface area contributed by atoms with Crippen LogP contribution >= 0.6 is 0 Å². The Kier molecular flexibility index (Phi) is 47.0. The first-order valence-corrected chi connectivity index (χ1v) is 25.3. The molecular weight excluding hydrogens is 769 g/mol. The molecule has 0 amide bonds. The fourth-order valence-corrected chi connectivity index (χ4v) is 6.62. The topological polar surface area (TPSA) is 78.9 Å². The average molecular weight is 861 g/mol. The van der Waals surface area contributed by atoms with Gasteiger partial charge in [-0.1, -0.05) is 221 Å². The summed E-state index contributed by atoms with van der Waals surface area (Å²) in [4.78, 5) is 37.9. The Morgan fingerprint density at radius 2 is 0.710 bits per heavy atom. The van der Waals surface area contributed by atoms with Gasteiger partial charge in [0.15, 0.2) is 6.10 Å². The van der Waals surface area contributed by atoms with Crippen molar-refractivity contribution in [3.05, 3.63) is 97.2 Å². The normalized spacial score (nSPS) is 12.9. The summed E-state index contributed by atoms with van der Waals surface area (Å²) in [6.07, 6.45) is 65.3. The number of carbonyl (C=O) groups is 3. The molecule has 0 fully saturated rings. The van der Waals surface area contributed by atoms with E-state index >= 15 is 0 Å². The molecule has 0 aliphatic rings. The number of hydrogen-bond acceptors (Lipinski definition) is 6. The lowest BCUT2D eigenvalue weighted by Gasteiger charge is -2.18. The molecule has 0 radical (unpaired) electrons. The number of ether oxygens (including phenoxy) is 3. The monoisotopic (exact) mass is 861 g/mol. The summed E-state index contributed by atoms with van der Waals surface area (Å²) >= 11 is 0. The maximum absolute atomic E-state index is 12.8. The van der Waals surface area contributed by atoms with E-state index in [1.165, 1.54) is 83.5 Å². The van der Waals surface area contributed by atoms with Gasteiger partial charge in [-0.15, -0.1) is 0 Å². The van der Waals surface area contributed by atoms with Crippen LogP contribution in [0.4, 0.5) is 0 Å². The van der Waals surface area contributed by atoms with Crippen molar-refractivity contribution >= 4 is 17.9 Å². The van der Waals surface area contributed by atoms with Gasteiger partial charge in [-0.05, 0) is 77.0 Å². The number of allylic oxidation sites excluding steroid dienone is 16. The van der Waals surface area contributed by atoms with Crippen molar-refractivity contribution in [1.29, 1.82) is 0 Å². The molecule has 62 heavy (non-hydrogen) atoms. The molecule has 0 aromatic heterocycles. The van der Waals surface area contributed by atoms with Crippen LogP contribution in [0, 0.1) is 0 Å². The van der Waals surface area contributed by atoms with Crippen LogP contribution in [0.1, 0.15) is 220 Å². The van der Waals surface area contributed by atoms with Crippen molar-refractivity contribution in [1.82, 2.24) is 0 Å². The predicted octanol–water partition coefficient (Wildman–Crippen LogP) is 16.6. The van der Waals surface area contributed by atoms with Crippen molar-refractivity contribution < 1.29 is 28.6 Å². The van der Waals surface area contributed by atoms with Gasteiger partial charge in [0.1, 0.15) is 13.2 Å². The Hall–Kier alpha value is -3.67. The van der Waals surface area contributed by atoms with Gasteiger partial charge in [-0.25, -0.2) is 0 Å². The first-order valence-electron chi connectivity index (χ1n) is 25.3. The fraction of sp³-hybridized carbons (Fsp3) is 0.661. The average Bonchev–Trinajstić information content (AvgIpc) is 3.27. The summed E-state index contributed by atoms with van der Waals surface area (Å²) in [5.74, 6) is -0.990. The maximum atomic E-state index is 12.8. The standard InChI is InChI=1S/C56H92O6/c1-4-7-10-13-16-19-22-25-27-28-30-31-34-37-40-43-46-49-55(58)61-52-53(51-60-54(57)48-45-42-39-36-33-24-21-18-15-12-9-6-3)62-56(59)50-47-44-41-38-35-32-29-26-23-20-17-14-11-8-5-2/h8,11,14,16-17,19-20,23,25-27,29-31,37,40,53H,4-7,9-10,12-13,15,18,21-22,24,28,32-36,38-39,41-52H2,1-3H3/b11-8-,17-14-,19-16-,23-20-,27-25-,29-26-,31-30-,40-37-. The van der Waals surface area contributed by atoms with Crippen LogP contribution in [0.2, 0.25) is 0 Å². The zero-order valence-corrected chi connectivity index (χ0v) is 40.1. The molecule has 0 aliphatic carbocycles. The van der Waals surface area contributed by atoms with E-state index in [-0.39, 0.29) is 44.0 Å². The van der Waals surface area contributed by atoms with E-state index in [0.29, 0.717) is 12.8 Å². The van der Waals surface area contributed by atoms with Crippen LogP contribution < -0.4 is 0 Å². The minimum absolute atomic E-state index is 0.104. The number of rotatable bonds is 44. The molecule has 0 saturated carbocycles. The van der Waals surface area contributed by atoms with Gasteiger partial charge in [-0.3, -0.25) is 14.4 Å². The molecular formula is C56H92O6. The molecule has 352 valence electrons. The van der Waals surface area contributed by atoms with Crippen LogP contribution in [0.25, 0.3) is 0 Å². The second kappa shape index (κ2) is 50.0. The summed E-state index contributed by atoms with van der Waals surface area (Å²) in [7, 11) is 0. The minimum atomic E-state index is -0.810. The molecule has 0 spiro atoms. The van der Waals surface area contributed by atoms with Crippen molar-refractivity contribution in [2.75, 3.05) is 13.2 Å². The highest BCUT2D eigenvalue weighted by Crippen LogP contribution is 2.14. The Morgan fingerprint density at radius 1 is 0.355 bits per heavy atom. The van der Waals surface area contributed by atoms with E-state index in [2.05, 4.69) is 93.7 Å². The van der Waals surface area contributed by atoms with Crippen LogP contribution in [0.15, 0.2) is 97.2 Å². The molecule has 0 N–H and O–H groups in total. The van der Waals surface area contributed by atoms with Crippen LogP contribution in [-0.2, 0) is 28.6 Å². The van der Waals surface area contributed by atoms with E-state index in [1.807, 2.05) is 24.3 Å². The van der Waals surface area contributed by atoms with Gasteiger partial charge in [0, 0.05) is 19.3 Å². The lowest BCUT2D eigenvalue weighted by molar-refractivity contribution is -0.167. The minimum Gasteiger partial charge on any atom is -0.462 e. The largest absolute Gasteiger partial charge is 0.462 e. The Morgan fingerprint density at radius 3 is 1.23 bits per heavy atom. The third-order valence-corrected chi connectivity index (χ3v) is 10.4. The van der Waals surface area contributed by atoms with Gasteiger partial charge in [0.05, 0.1) is 0 Å². The second-order valence-corrected chi connectivity index (χ2v) is 16.4. The van der Waals surface area contributed by atoms with Gasteiger partial charge >= 0.3 is 17.9 Å². The van der Waals surface area contributed by atoms with E-state index in [4.69, 9.17) is 14.2 Å². The zero-order valence-electron chi connectivity index (χ0n) is 40.1. The smallest absolute Gasteiger partial charge is 0.306 e. The third-order valence-electron chi connectivity index (χ3n) is 10.4. The van der Waals surface area contributed by atoms with Crippen LogP contribution in [0.3, 0.4) is 0 Å². The first kappa shape index (κ1) is 58.3. The Balaban J connectivity index is 4.52. The molecule has 1 atom stereocenters. The number of hydrogen-bond donors (Lipinski definition) is 0. The molecule has 1 unspecified atom stereocenters. The van der Waals surface area contributed by atoms with Crippen molar-refractivity contribution in [2.24, 2.45) is 0 Å². The summed E-state index contributed by atoms with van der Waals surface area (Å²) in [5.41, 5.74) is 0. The summed E-state index contributed by atoms with van der Waals surface area (Å²) < 4.78 is 16.7. The predicted molar refractivity (Wildman–Crippen MR) is 265 cm³/mol. The van der Waals surface area contributed by atoms with Gasteiger partial charge in [-0.2, -0.15) is 0 Å². The molecule has 6 heteroatoms. The Bertz CT molecular complexity index is 1260. The number of unbranched alkanes of at least 4 members (excludes halogenated alkanes) is 20. The number of esters is 3. The maximum Gasteiger partial charge on any atom is 0.306 e. The van der Waals surface area contributed by atoms with Crippen molar-refractivity contribution in [3.63, 3.8) is 0 Å². The summed E-state index contributed by atoms with van der Waals surface area (Å²) in [5, 5.41) is 0. The molecule has 0 heterocycles. The molecule has 0 rings (SSSR count). The first-order chi connectivity index (χ1) is 30.5. The highest BCUT2D eigenvalue weighted by atomic mass is 16.6. The zero-order chi connectivity index (χ0) is 45.1. The van der Waals surface area contributed by atoms with Gasteiger partial charge in [0.2, 0.25) is 0 Å². The third kappa shape index (κ3) is 47.4. The highest BCUT2D eigenvalue weighted by molar-refractivity contribution is 5.71. The van der Waals surface area contributed by atoms with E-state index in [0.717, 1.165) is 89.9 Å². The molecule has 0 saturated heterocycles. The van der Waals surface area contributed by atoms with Crippen LogP contribution in [-0.4, -0.2) is 37.2 Å². The second-order valence-electron chi connectivity index (χ2n) is 16.4. The molecule has 6 nitrogen and oxygen atoms in total. The van der Waals surface area contributed by atoms with E-state index < -0.39 is 6.10 Å². The summed E-state index contributed by atoms with van der Waals surface area (Å²) in [6, 6.07) is 0. The van der Waals surface area contributed by atoms with E-state index in [1.54, 1.807) is 0 Å². The lowest BCUT2D eigenvalue weighted by Crippen LogP contribution is -2.30. The fourth-order valence-electron chi connectivity index (χ4n) is 6.62. The molecule has 0 aliphatic heterocycles. The lowest BCUT2D eigenvalue weighted by atomic mass is 10.0. The van der Waals surface area contributed by atoms with Gasteiger partial charge in [0.25, 0.3) is 0 Å². The van der Waals surface area contributed by atoms with Gasteiger partial charge < -0.3 is 14.2 Å². The highest BCUT2D eigenvalue weighted by Gasteiger charge is 2.19. The summed E-state index contributed by atoms with van der Waals surface area (Å²) in [6.45, 7) is 6.39. The number of carbonyl (C=O) groups excluding carboxylic acids is 3. The SMILES string of the molecule is CC\C=C/C=C\C=C/C=C\CCCCCCCC(=O)OC(COC(=O)CCC/C=C\C/C=C\C/C=C\C/C=C\CCCCC)COC(=O)CCCCCCCCCCCCCC. The van der Waals surface area contributed by atoms with Crippen molar-refractivity contribution in [2.45, 2.75) is 226 Å². The quantitative estimate of drug-likeness (QED) is 0.0200. The van der Waals surface area contributed by atoms with Crippen LogP contribution in [0.5, 0.6) is 0 Å². The van der Waals surface area contributed by atoms with Crippen molar-refractivity contribution in [3.8, 4) is 0 Å². The van der Waals surface area contributed by atoms with E-state index in [9.17, 15) is 14.4 Å². The molecule has 0 aromatic carbocycles. The molecule has 0 bridgehead atoms.